The van der Waals surface area contributed by atoms with E-state index in [2.05, 4.69) is 4.98 Å². The molecule has 0 aliphatic heterocycles. The van der Waals surface area contributed by atoms with Crippen molar-refractivity contribution < 1.29 is 22.4 Å². The number of carbonyl (C=O) groups is 1. The Kier molecular flexibility index (Phi) is 7.93. The summed E-state index contributed by atoms with van der Waals surface area (Å²) in [5.41, 5.74) is 0.762. The molecular formula is C23H25ClN2O5S. The van der Waals surface area contributed by atoms with Crippen LogP contribution in [-0.2, 0) is 21.1 Å². The van der Waals surface area contributed by atoms with E-state index in [1.54, 1.807) is 36.3 Å². The maximum absolute atomic E-state index is 12.4. The maximum atomic E-state index is 12.4. The van der Waals surface area contributed by atoms with Crippen molar-refractivity contribution in [3.8, 4) is 17.1 Å². The van der Waals surface area contributed by atoms with Gasteiger partial charge in [-0.15, -0.1) is 0 Å². The fraction of sp³-hybridized carbons (Fsp3) is 0.304. The Labute approximate surface area is 192 Å². The van der Waals surface area contributed by atoms with Crippen LogP contribution in [0.25, 0.3) is 11.3 Å². The minimum atomic E-state index is -3.28. The van der Waals surface area contributed by atoms with Crippen molar-refractivity contribution in [1.82, 2.24) is 9.88 Å². The molecule has 9 heteroatoms. The Morgan fingerprint density at radius 3 is 2.72 bits per heavy atom. The van der Waals surface area contributed by atoms with Gasteiger partial charge in [-0.2, -0.15) is 0 Å². The fourth-order valence-corrected chi connectivity index (χ4v) is 3.91. The van der Waals surface area contributed by atoms with Crippen LogP contribution in [0, 0.1) is 0 Å². The van der Waals surface area contributed by atoms with E-state index in [0.29, 0.717) is 48.4 Å². The molecule has 0 radical (unpaired) electrons. The van der Waals surface area contributed by atoms with E-state index in [9.17, 15) is 13.2 Å². The van der Waals surface area contributed by atoms with Gasteiger partial charge in [0.15, 0.2) is 21.5 Å². The minimum absolute atomic E-state index is 0.0263. The van der Waals surface area contributed by atoms with Crippen LogP contribution in [0.4, 0.5) is 0 Å². The van der Waals surface area contributed by atoms with Crippen LogP contribution in [0.15, 0.2) is 64.0 Å². The molecule has 0 bridgehead atoms. The third kappa shape index (κ3) is 6.58. The Balaban J connectivity index is 1.42. The van der Waals surface area contributed by atoms with E-state index in [-0.39, 0.29) is 17.2 Å². The Morgan fingerprint density at radius 2 is 1.97 bits per heavy atom. The number of aryl methyl sites for hydroxylation is 1. The van der Waals surface area contributed by atoms with Gasteiger partial charge in [0, 0.05) is 38.3 Å². The van der Waals surface area contributed by atoms with Crippen LogP contribution in [0.5, 0.6) is 5.75 Å². The summed E-state index contributed by atoms with van der Waals surface area (Å²) in [4.78, 5) is 18.5. The van der Waals surface area contributed by atoms with Crippen molar-refractivity contribution in [2.45, 2.75) is 24.2 Å². The number of halogens is 1. The summed E-state index contributed by atoms with van der Waals surface area (Å²) in [5, 5.41) is 0.580. The van der Waals surface area contributed by atoms with Gasteiger partial charge in [-0.25, -0.2) is 13.4 Å². The van der Waals surface area contributed by atoms with E-state index >= 15 is 0 Å². The molecule has 32 heavy (non-hydrogen) atoms. The van der Waals surface area contributed by atoms with Crippen LogP contribution >= 0.6 is 11.6 Å². The molecule has 0 aliphatic rings. The first-order valence-corrected chi connectivity index (χ1v) is 12.4. The molecule has 1 amide bonds. The average Bonchev–Trinajstić information content (AvgIpc) is 3.23. The van der Waals surface area contributed by atoms with Crippen molar-refractivity contribution in [2.75, 3.05) is 26.5 Å². The first-order valence-electron chi connectivity index (χ1n) is 10.1. The average molecular weight is 477 g/mol. The van der Waals surface area contributed by atoms with Crippen molar-refractivity contribution >= 4 is 27.3 Å². The SMILES string of the molecule is CN(CCCOc1cccc(S(C)(=O)=O)c1)C(=O)CCc1ncc(-c2ccccc2Cl)o1. The van der Waals surface area contributed by atoms with E-state index in [1.165, 1.54) is 12.1 Å². The zero-order valence-corrected chi connectivity index (χ0v) is 19.5. The molecule has 170 valence electrons. The highest BCUT2D eigenvalue weighted by atomic mass is 35.5. The second-order valence-corrected chi connectivity index (χ2v) is 9.79. The highest BCUT2D eigenvalue weighted by molar-refractivity contribution is 7.90. The van der Waals surface area contributed by atoms with Gasteiger partial charge in [0.2, 0.25) is 5.91 Å². The highest BCUT2D eigenvalue weighted by Crippen LogP contribution is 2.28. The van der Waals surface area contributed by atoms with E-state index < -0.39 is 9.84 Å². The number of hydrogen-bond acceptors (Lipinski definition) is 6. The van der Waals surface area contributed by atoms with Crippen molar-refractivity contribution in [3.63, 3.8) is 0 Å². The lowest BCUT2D eigenvalue weighted by Gasteiger charge is -2.17. The van der Waals surface area contributed by atoms with Gasteiger partial charge in [0.05, 0.1) is 22.7 Å². The summed E-state index contributed by atoms with van der Waals surface area (Å²) in [6.45, 7) is 0.882. The summed E-state index contributed by atoms with van der Waals surface area (Å²) >= 11 is 6.18. The first-order chi connectivity index (χ1) is 15.2. The monoisotopic (exact) mass is 476 g/mol. The summed E-state index contributed by atoms with van der Waals surface area (Å²) in [6.07, 6.45) is 4.04. The third-order valence-electron chi connectivity index (χ3n) is 4.81. The minimum Gasteiger partial charge on any atom is -0.493 e. The van der Waals surface area contributed by atoms with Gasteiger partial charge in [0.1, 0.15) is 5.75 Å². The number of hydrogen-bond donors (Lipinski definition) is 0. The zero-order chi connectivity index (χ0) is 23.1. The molecule has 3 rings (SSSR count). The van der Waals surface area contributed by atoms with Crippen molar-refractivity contribution in [2.24, 2.45) is 0 Å². The molecule has 7 nitrogen and oxygen atoms in total. The number of aromatic nitrogens is 1. The van der Waals surface area contributed by atoms with Crippen LogP contribution in [0.1, 0.15) is 18.7 Å². The van der Waals surface area contributed by atoms with E-state index in [1.807, 2.05) is 18.2 Å². The fourth-order valence-electron chi connectivity index (χ4n) is 3.03. The summed E-state index contributed by atoms with van der Waals surface area (Å²) in [6, 6.07) is 13.7. The Hall–Kier alpha value is -2.84. The van der Waals surface area contributed by atoms with Crippen molar-refractivity contribution in [3.05, 3.63) is 65.6 Å². The highest BCUT2D eigenvalue weighted by Gasteiger charge is 2.13. The van der Waals surface area contributed by atoms with E-state index in [4.69, 9.17) is 20.8 Å². The topological polar surface area (TPSA) is 89.7 Å². The molecule has 0 saturated carbocycles. The van der Waals surface area contributed by atoms with Crippen LogP contribution < -0.4 is 4.74 Å². The first kappa shape index (κ1) is 23.8. The standard InChI is InChI=1S/C23H25ClN2O5S/c1-26(13-6-14-30-17-7-5-8-18(15-17)32(2,28)29)23(27)12-11-22-25-16-21(31-22)19-9-3-4-10-20(19)24/h3-5,7-10,15-16H,6,11-14H2,1-2H3. The van der Waals surface area contributed by atoms with Crippen LogP contribution in [0.2, 0.25) is 5.02 Å². The molecule has 0 atom stereocenters. The molecule has 0 unspecified atom stereocenters. The molecule has 0 fully saturated rings. The summed E-state index contributed by atoms with van der Waals surface area (Å²) in [5.74, 6) is 1.51. The molecule has 3 aromatic rings. The molecule has 0 saturated heterocycles. The molecular weight excluding hydrogens is 452 g/mol. The number of rotatable bonds is 10. The lowest BCUT2D eigenvalue weighted by atomic mass is 10.2. The van der Waals surface area contributed by atoms with Crippen molar-refractivity contribution in [1.29, 1.82) is 0 Å². The zero-order valence-electron chi connectivity index (χ0n) is 18.0. The van der Waals surface area contributed by atoms with Crippen LogP contribution in [0.3, 0.4) is 0 Å². The van der Waals surface area contributed by atoms with E-state index in [0.717, 1.165) is 11.8 Å². The largest absolute Gasteiger partial charge is 0.493 e. The van der Waals surface area contributed by atoms with Gasteiger partial charge in [-0.3, -0.25) is 4.79 Å². The molecule has 0 N–H and O–H groups in total. The summed E-state index contributed by atoms with van der Waals surface area (Å²) < 4.78 is 34.6. The van der Waals surface area contributed by atoms with Crippen LogP contribution in [-0.4, -0.2) is 50.7 Å². The second-order valence-electron chi connectivity index (χ2n) is 7.36. The predicted molar refractivity (Wildman–Crippen MR) is 123 cm³/mol. The molecule has 2 aromatic carbocycles. The number of carbonyl (C=O) groups excluding carboxylic acids is 1. The molecule has 1 heterocycles. The summed E-state index contributed by atoms with van der Waals surface area (Å²) in [7, 11) is -1.55. The van der Waals surface area contributed by atoms with Gasteiger partial charge in [-0.1, -0.05) is 29.8 Å². The smallest absolute Gasteiger partial charge is 0.222 e. The van der Waals surface area contributed by atoms with Gasteiger partial charge in [-0.05, 0) is 36.8 Å². The normalized spacial score (nSPS) is 11.3. The lowest BCUT2D eigenvalue weighted by molar-refractivity contribution is -0.130. The number of ether oxygens (including phenoxy) is 1. The van der Waals surface area contributed by atoms with Gasteiger partial charge < -0.3 is 14.1 Å². The number of sulfone groups is 1. The molecule has 1 aromatic heterocycles. The Morgan fingerprint density at radius 1 is 1.19 bits per heavy atom. The number of nitrogens with zero attached hydrogens (tertiary/aromatic N) is 2. The number of benzene rings is 2. The van der Waals surface area contributed by atoms with Gasteiger partial charge >= 0.3 is 0 Å². The number of amides is 1. The Bertz CT molecular complexity index is 1180. The maximum Gasteiger partial charge on any atom is 0.222 e. The third-order valence-corrected chi connectivity index (χ3v) is 6.25. The lowest BCUT2D eigenvalue weighted by Crippen LogP contribution is -2.28. The quantitative estimate of drug-likeness (QED) is 0.406. The van der Waals surface area contributed by atoms with Gasteiger partial charge in [0.25, 0.3) is 0 Å². The predicted octanol–water partition coefficient (Wildman–Crippen LogP) is 4.26. The number of oxazole rings is 1. The second kappa shape index (κ2) is 10.7. The molecule has 0 aliphatic carbocycles. The molecule has 0 spiro atoms.